The summed E-state index contributed by atoms with van der Waals surface area (Å²) < 4.78 is 0. The van der Waals surface area contributed by atoms with Gasteiger partial charge in [-0.25, -0.2) is 4.98 Å². The first-order valence-corrected chi connectivity index (χ1v) is 6.29. The highest BCUT2D eigenvalue weighted by molar-refractivity contribution is 8.93. The van der Waals surface area contributed by atoms with Crippen molar-refractivity contribution in [1.29, 1.82) is 0 Å². The number of hydrogen-bond donors (Lipinski definition) is 1. The monoisotopic (exact) mass is 296 g/mol. The molecule has 0 aliphatic heterocycles. The number of nitrogens with one attached hydrogen (secondary N) is 1. The summed E-state index contributed by atoms with van der Waals surface area (Å²) in [7, 11) is 0. The smallest absolute Gasteiger partial charge is 0.110 e. The first kappa shape index (κ1) is 14.2. The predicted molar refractivity (Wildman–Crippen MR) is 79.0 cm³/mol. The molecule has 2 rings (SSSR count). The highest BCUT2D eigenvalue weighted by Crippen LogP contribution is 2.25. The van der Waals surface area contributed by atoms with Crippen LogP contribution in [0.1, 0.15) is 51.3 Å². The molecule has 1 N–H and O–H groups in total. The summed E-state index contributed by atoms with van der Waals surface area (Å²) >= 11 is 0. The summed E-state index contributed by atoms with van der Waals surface area (Å²) in [5, 5.41) is 0. The Morgan fingerprint density at radius 3 is 2.65 bits per heavy atom. The van der Waals surface area contributed by atoms with Gasteiger partial charge in [0.25, 0.3) is 0 Å². The topological polar surface area (TPSA) is 28.7 Å². The van der Waals surface area contributed by atoms with Crippen molar-refractivity contribution in [2.45, 2.75) is 45.4 Å². The molecule has 2 aromatic rings. The van der Waals surface area contributed by atoms with Crippen LogP contribution in [0.15, 0.2) is 24.3 Å². The second-order valence-corrected chi connectivity index (χ2v) is 4.39. The lowest BCUT2D eigenvalue weighted by molar-refractivity contribution is 0.549. The number of aromatic amines is 1. The van der Waals surface area contributed by atoms with E-state index in [4.69, 9.17) is 0 Å². The molecule has 0 spiro atoms. The van der Waals surface area contributed by atoms with Crippen LogP contribution >= 0.6 is 17.0 Å². The first-order valence-electron chi connectivity index (χ1n) is 6.29. The molecule has 0 radical (unpaired) electrons. The minimum Gasteiger partial charge on any atom is -0.342 e. The molecule has 0 saturated carbocycles. The van der Waals surface area contributed by atoms with E-state index in [0.29, 0.717) is 5.92 Å². The van der Waals surface area contributed by atoms with E-state index in [1.807, 2.05) is 6.07 Å². The van der Waals surface area contributed by atoms with Gasteiger partial charge in [-0.05, 0) is 25.0 Å². The Bertz CT molecular complexity index is 417. The van der Waals surface area contributed by atoms with Gasteiger partial charge in [-0.15, -0.1) is 17.0 Å². The molecule has 2 nitrogen and oxygen atoms in total. The number of rotatable bonds is 5. The zero-order valence-electron chi connectivity index (χ0n) is 10.6. The van der Waals surface area contributed by atoms with Crippen LogP contribution in [-0.2, 0) is 0 Å². The van der Waals surface area contributed by atoms with E-state index in [1.54, 1.807) is 0 Å². The number of H-pyrrole nitrogens is 1. The van der Waals surface area contributed by atoms with E-state index in [-0.39, 0.29) is 17.0 Å². The van der Waals surface area contributed by atoms with E-state index < -0.39 is 0 Å². The second kappa shape index (κ2) is 6.80. The number of benzene rings is 1. The average Bonchev–Trinajstić information content (AvgIpc) is 2.73. The number of imidazole rings is 1. The SMILES string of the molecule is Br.CCCCC(CC)c1nc2ccccc2[nH]1. The van der Waals surface area contributed by atoms with Gasteiger partial charge in [-0.3, -0.25) is 0 Å². The number of hydrogen-bond acceptors (Lipinski definition) is 1. The van der Waals surface area contributed by atoms with Crippen LogP contribution in [0.3, 0.4) is 0 Å². The van der Waals surface area contributed by atoms with Gasteiger partial charge in [0.15, 0.2) is 0 Å². The molecule has 0 amide bonds. The Hall–Kier alpha value is -0.830. The van der Waals surface area contributed by atoms with Gasteiger partial charge in [-0.2, -0.15) is 0 Å². The Morgan fingerprint density at radius 1 is 1.24 bits per heavy atom. The lowest BCUT2D eigenvalue weighted by Crippen LogP contribution is -1.99. The molecule has 3 heteroatoms. The second-order valence-electron chi connectivity index (χ2n) is 4.39. The number of para-hydroxylation sites is 2. The highest BCUT2D eigenvalue weighted by atomic mass is 79.9. The lowest BCUT2D eigenvalue weighted by atomic mass is 9.99. The van der Waals surface area contributed by atoms with Gasteiger partial charge in [0.05, 0.1) is 11.0 Å². The van der Waals surface area contributed by atoms with Crippen molar-refractivity contribution in [1.82, 2.24) is 9.97 Å². The van der Waals surface area contributed by atoms with Crippen molar-refractivity contribution in [2.24, 2.45) is 0 Å². The molecule has 17 heavy (non-hydrogen) atoms. The zero-order valence-corrected chi connectivity index (χ0v) is 12.3. The minimum absolute atomic E-state index is 0. The summed E-state index contributed by atoms with van der Waals surface area (Å²) in [6.45, 7) is 4.48. The third kappa shape index (κ3) is 3.32. The maximum absolute atomic E-state index is 4.68. The third-order valence-electron chi connectivity index (χ3n) is 3.19. The van der Waals surface area contributed by atoms with Crippen LogP contribution in [0.25, 0.3) is 11.0 Å². The van der Waals surface area contributed by atoms with Crippen molar-refractivity contribution < 1.29 is 0 Å². The molecular weight excluding hydrogens is 276 g/mol. The molecule has 1 unspecified atom stereocenters. The molecule has 94 valence electrons. The fourth-order valence-electron chi connectivity index (χ4n) is 2.15. The highest BCUT2D eigenvalue weighted by Gasteiger charge is 2.12. The summed E-state index contributed by atoms with van der Waals surface area (Å²) in [4.78, 5) is 8.13. The number of unbranched alkanes of at least 4 members (excludes halogenated alkanes) is 1. The van der Waals surface area contributed by atoms with Crippen molar-refractivity contribution in [3.05, 3.63) is 30.1 Å². The van der Waals surface area contributed by atoms with Gasteiger partial charge in [0, 0.05) is 5.92 Å². The lowest BCUT2D eigenvalue weighted by Gasteiger charge is -2.10. The standard InChI is InChI=1S/C14H20N2.BrH/c1-3-5-8-11(4-2)14-15-12-9-6-7-10-13(12)16-14;/h6-7,9-11H,3-5,8H2,1-2H3,(H,15,16);1H. The molecule has 0 aliphatic carbocycles. The largest absolute Gasteiger partial charge is 0.342 e. The maximum atomic E-state index is 4.68. The Labute approximate surface area is 114 Å². The van der Waals surface area contributed by atoms with Crippen LogP contribution in [-0.4, -0.2) is 9.97 Å². The Balaban J connectivity index is 0.00000144. The Kier molecular flexibility index (Phi) is 5.69. The van der Waals surface area contributed by atoms with Crippen molar-refractivity contribution in [3.63, 3.8) is 0 Å². The summed E-state index contributed by atoms with van der Waals surface area (Å²) in [5.41, 5.74) is 2.25. The summed E-state index contributed by atoms with van der Waals surface area (Å²) in [6.07, 6.45) is 4.96. The van der Waals surface area contributed by atoms with Crippen LogP contribution in [0.2, 0.25) is 0 Å². The van der Waals surface area contributed by atoms with E-state index in [9.17, 15) is 0 Å². The van der Waals surface area contributed by atoms with Gasteiger partial charge in [0.2, 0.25) is 0 Å². The summed E-state index contributed by atoms with van der Waals surface area (Å²) in [5.74, 6) is 1.75. The van der Waals surface area contributed by atoms with Crippen LogP contribution in [0.4, 0.5) is 0 Å². The number of aromatic nitrogens is 2. The molecule has 1 atom stereocenters. The average molecular weight is 297 g/mol. The van der Waals surface area contributed by atoms with Gasteiger partial charge in [0.1, 0.15) is 5.82 Å². The molecule has 1 aromatic carbocycles. The number of halogens is 1. The van der Waals surface area contributed by atoms with E-state index in [2.05, 4.69) is 42.0 Å². The molecule has 0 aliphatic rings. The Morgan fingerprint density at radius 2 is 2.00 bits per heavy atom. The van der Waals surface area contributed by atoms with Crippen molar-refractivity contribution in [3.8, 4) is 0 Å². The van der Waals surface area contributed by atoms with Crippen molar-refractivity contribution in [2.75, 3.05) is 0 Å². The fraction of sp³-hybridized carbons (Fsp3) is 0.500. The van der Waals surface area contributed by atoms with E-state index in [0.717, 1.165) is 16.9 Å². The first-order chi connectivity index (χ1) is 7.85. The zero-order chi connectivity index (χ0) is 11.4. The quantitative estimate of drug-likeness (QED) is 0.841. The van der Waals surface area contributed by atoms with E-state index >= 15 is 0 Å². The van der Waals surface area contributed by atoms with Crippen molar-refractivity contribution >= 4 is 28.0 Å². The number of nitrogens with zero attached hydrogens (tertiary/aromatic N) is 1. The molecular formula is C14H21BrN2. The van der Waals surface area contributed by atoms with Crippen LogP contribution < -0.4 is 0 Å². The number of fused-ring (bicyclic) bond motifs is 1. The van der Waals surface area contributed by atoms with Crippen LogP contribution in [0, 0.1) is 0 Å². The predicted octanol–water partition coefficient (Wildman–Crippen LogP) is 4.82. The minimum atomic E-state index is 0. The molecule has 1 heterocycles. The molecule has 0 saturated heterocycles. The van der Waals surface area contributed by atoms with Gasteiger partial charge < -0.3 is 4.98 Å². The molecule has 0 fully saturated rings. The summed E-state index contributed by atoms with van der Waals surface area (Å²) in [6, 6.07) is 8.26. The van der Waals surface area contributed by atoms with Gasteiger partial charge in [-0.1, -0.05) is 38.8 Å². The normalized spacial score (nSPS) is 12.4. The third-order valence-corrected chi connectivity index (χ3v) is 3.19. The fourth-order valence-corrected chi connectivity index (χ4v) is 2.15. The van der Waals surface area contributed by atoms with E-state index in [1.165, 1.54) is 25.7 Å². The van der Waals surface area contributed by atoms with Gasteiger partial charge >= 0.3 is 0 Å². The maximum Gasteiger partial charge on any atom is 0.110 e. The molecule has 1 aromatic heterocycles. The molecule has 0 bridgehead atoms. The van der Waals surface area contributed by atoms with Crippen LogP contribution in [0.5, 0.6) is 0 Å².